The molecule has 2 heterocycles. The number of aliphatic hydroxyl groups is 1. The summed E-state index contributed by atoms with van der Waals surface area (Å²) in [6.07, 6.45) is 5.61. The molecule has 5 nitrogen and oxygen atoms in total. The number of aromatic nitrogens is 2. The van der Waals surface area contributed by atoms with Crippen LogP contribution in [0, 0.1) is 0 Å². The van der Waals surface area contributed by atoms with Gasteiger partial charge in [-0.2, -0.15) is 0 Å². The molecular weight excluding hydrogens is 254 g/mol. The fourth-order valence-corrected chi connectivity index (χ4v) is 1.87. The maximum atomic E-state index is 12.3. The van der Waals surface area contributed by atoms with Crippen LogP contribution in [0.5, 0.6) is 0 Å². The van der Waals surface area contributed by atoms with Gasteiger partial charge < -0.3 is 10.4 Å². The Labute approximate surface area is 117 Å². The Morgan fingerprint density at radius 3 is 2.80 bits per heavy atom. The van der Waals surface area contributed by atoms with Crippen LogP contribution in [0.2, 0.25) is 0 Å². The van der Waals surface area contributed by atoms with Crippen LogP contribution < -0.4 is 5.32 Å². The number of hydrogen-bond donors (Lipinski definition) is 2. The van der Waals surface area contributed by atoms with Crippen LogP contribution in [-0.4, -0.2) is 33.6 Å². The number of nitrogens with zero attached hydrogens (tertiary/aromatic N) is 2. The summed E-state index contributed by atoms with van der Waals surface area (Å²) in [7, 11) is 0. The van der Waals surface area contributed by atoms with E-state index in [1.54, 1.807) is 24.7 Å². The van der Waals surface area contributed by atoms with Crippen LogP contribution in [0.3, 0.4) is 0 Å². The lowest BCUT2D eigenvalue weighted by molar-refractivity contribution is 0.0910. The maximum Gasteiger partial charge on any atom is 0.270 e. The molecule has 2 aromatic rings. The summed E-state index contributed by atoms with van der Waals surface area (Å²) in [4.78, 5) is 20.5. The topological polar surface area (TPSA) is 75.1 Å². The van der Waals surface area contributed by atoms with Crippen molar-refractivity contribution in [2.75, 3.05) is 6.61 Å². The normalized spacial score (nSPS) is 11.9. The number of rotatable bonds is 5. The summed E-state index contributed by atoms with van der Waals surface area (Å²) in [5, 5.41) is 11.9. The van der Waals surface area contributed by atoms with Crippen molar-refractivity contribution in [2.45, 2.75) is 19.4 Å². The summed E-state index contributed by atoms with van der Waals surface area (Å²) in [5.41, 5.74) is 1.90. The van der Waals surface area contributed by atoms with Crippen LogP contribution in [0.15, 0.2) is 42.9 Å². The Hall–Kier alpha value is -2.27. The number of amides is 1. The first-order chi connectivity index (χ1) is 9.76. The Morgan fingerprint density at radius 1 is 1.35 bits per heavy atom. The van der Waals surface area contributed by atoms with E-state index in [0.717, 1.165) is 11.1 Å². The van der Waals surface area contributed by atoms with Crippen molar-refractivity contribution in [1.82, 2.24) is 15.3 Å². The molecule has 0 saturated heterocycles. The molecular formula is C15H17N3O2. The van der Waals surface area contributed by atoms with Gasteiger partial charge in [-0.15, -0.1) is 0 Å². The number of carbonyl (C=O) groups is 1. The first-order valence-corrected chi connectivity index (χ1v) is 6.53. The van der Waals surface area contributed by atoms with E-state index in [4.69, 9.17) is 5.11 Å². The van der Waals surface area contributed by atoms with E-state index in [1.807, 2.05) is 25.1 Å². The van der Waals surface area contributed by atoms with Gasteiger partial charge in [0.2, 0.25) is 0 Å². The Balaban J connectivity index is 2.31. The largest absolute Gasteiger partial charge is 0.394 e. The molecule has 0 aliphatic heterocycles. The summed E-state index contributed by atoms with van der Waals surface area (Å²) < 4.78 is 0. The standard InChI is InChI=1S/C15H17N3O2/c1-2-12(10-19)18-15(20)14-13(6-4-8-17-14)11-5-3-7-16-9-11/h3-9,12,19H,2,10H2,1H3,(H,18,20). The number of hydrogen-bond acceptors (Lipinski definition) is 4. The minimum Gasteiger partial charge on any atom is -0.394 e. The third kappa shape index (κ3) is 3.19. The Morgan fingerprint density at radius 2 is 2.15 bits per heavy atom. The average Bonchev–Trinajstić information content (AvgIpc) is 2.53. The molecule has 0 aliphatic carbocycles. The summed E-state index contributed by atoms with van der Waals surface area (Å²) in [6.45, 7) is 1.82. The fraction of sp³-hybridized carbons (Fsp3) is 0.267. The fourth-order valence-electron chi connectivity index (χ4n) is 1.87. The highest BCUT2D eigenvalue weighted by molar-refractivity contribution is 5.99. The SMILES string of the molecule is CCC(CO)NC(=O)c1ncccc1-c1cccnc1. The zero-order valence-corrected chi connectivity index (χ0v) is 11.3. The lowest BCUT2D eigenvalue weighted by Crippen LogP contribution is -2.37. The second-order valence-electron chi connectivity index (χ2n) is 4.40. The quantitative estimate of drug-likeness (QED) is 0.867. The third-order valence-electron chi connectivity index (χ3n) is 3.04. The van der Waals surface area contributed by atoms with Crippen molar-refractivity contribution in [2.24, 2.45) is 0 Å². The molecule has 0 aromatic carbocycles. The molecule has 0 saturated carbocycles. The van der Waals surface area contributed by atoms with Crippen LogP contribution in [0.1, 0.15) is 23.8 Å². The summed E-state index contributed by atoms with van der Waals surface area (Å²) >= 11 is 0. The predicted octanol–water partition coefficient (Wildman–Crippen LogP) is 1.64. The molecule has 0 bridgehead atoms. The number of pyridine rings is 2. The molecule has 0 spiro atoms. The van der Waals surface area contributed by atoms with Crippen LogP contribution in [0.4, 0.5) is 0 Å². The van der Waals surface area contributed by atoms with E-state index in [1.165, 1.54) is 0 Å². The van der Waals surface area contributed by atoms with Gasteiger partial charge in [0.15, 0.2) is 0 Å². The zero-order chi connectivity index (χ0) is 14.4. The van der Waals surface area contributed by atoms with Gasteiger partial charge in [0.05, 0.1) is 12.6 Å². The highest BCUT2D eigenvalue weighted by Gasteiger charge is 2.16. The second kappa shape index (κ2) is 6.77. The molecule has 0 fully saturated rings. The van der Waals surface area contributed by atoms with Gasteiger partial charge >= 0.3 is 0 Å². The smallest absolute Gasteiger partial charge is 0.270 e. The molecule has 2 aromatic heterocycles. The molecule has 5 heteroatoms. The Bertz CT molecular complexity index is 568. The lowest BCUT2D eigenvalue weighted by Gasteiger charge is -2.15. The first kappa shape index (κ1) is 14.1. The molecule has 20 heavy (non-hydrogen) atoms. The van der Waals surface area contributed by atoms with Gasteiger partial charge in [-0.3, -0.25) is 14.8 Å². The predicted molar refractivity (Wildman–Crippen MR) is 76.1 cm³/mol. The highest BCUT2D eigenvalue weighted by Crippen LogP contribution is 2.20. The van der Waals surface area contributed by atoms with Crippen molar-refractivity contribution in [1.29, 1.82) is 0 Å². The zero-order valence-electron chi connectivity index (χ0n) is 11.3. The first-order valence-electron chi connectivity index (χ1n) is 6.53. The number of carbonyl (C=O) groups excluding carboxylic acids is 1. The van der Waals surface area contributed by atoms with Gasteiger partial charge in [-0.05, 0) is 18.6 Å². The van der Waals surface area contributed by atoms with Crippen molar-refractivity contribution in [3.63, 3.8) is 0 Å². The molecule has 0 aliphatic rings. The molecule has 1 unspecified atom stereocenters. The molecule has 2 rings (SSSR count). The van der Waals surface area contributed by atoms with Crippen LogP contribution in [0.25, 0.3) is 11.1 Å². The summed E-state index contributed by atoms with van der Waals surface area (Å²) in [6, 6.07) is 7.05. The number of aliphatic hydroxyl groups excluding tert-OH is 1. The monoisotopic (exact) mass is 271 g/mol. The van der Waals surface area contributed by atoms with E-state index in [2.05, 4.69) is 15.3 Å². The van der Waals surface area contributed by atoms with E-state index in [0.29, 0.717) is 12.1 Å². The average molecular weight is 271 g/mol. The number of nitrogens with one attached hydrogen (secondary N) is 1. The van der Waals surface area contributed by atoms with Crippen molar-refractivity contribution < 1.29 is 9.90 Å². The molecule has 2 N–H and O–H groups in total. The lowest BCUT2D eigenvalue weighted by atomic mass is 10.1. The second-order valence-corrected chi connectivity index (χ2v) is 4.40. The molecule has 104 valence electrons. The molecule has 1 amide bonds. The van der Waals surface area contributed by atoms with Gasteiger partial charge in [0, 0.05) is 29.7 Å². The van der Waals surface area contributed by atoms with Crippen LogP contribution in [-0.2, 0) is 0 Å². The van der Waals surface area contributed by atoms with E-state index >= 15 is 0 Å². The van der Waals surface area contributed by atoms with E-state index in [-0.39, 0.29) is 18.6 Å². The van der Waals surface area contributed by atoms with Crippen molar-refractivity contribution >= 4 is 5.91 Å². The van der Waals surface area contributed by atoms with Gasteiger partial charge in [-0.25, -0.2) is 0 Å². The summed E-state index contributed by atoms with van der Waals surface area (Å²) in [5.74, 6) is -0.287. The molecule has 0 radical (unpaired) electrons. The van der Waals surface area contributed by atoms with Gasteiger partial charge in [-0.1, -0.05) is 19.1 Å². The van der Waals surface area contributed by atoms with Gasteiger partial charge in [0.25, 0.3) is 5.91 Å². The van der Waals surface area contributed by atoms with Crippen LogP contribution >= 0.6 is 0 Å². The van der Waals surface area contributed by atoms with E-state index < -0.39 is 0 Å². The molecule has 1 atom stereocenters. The van der Waals surface area contributed by atoms with Crippen molar-refractivity contribution in [3.05, 3.63) is 48.5 Å². The Kier molecular flexibility index (Phi) is 4.79. The minimum atomic E-state index is -0.287. The van der Waals surface area contributed by atoms with Gasteiger partial charge in [0.1, 0.15) is 5.69 Å². The van der Waals surface area contributed by atoms with Crippen molar-refractivity contribution in [3.8, 4) is 11.1 Å². The maximum absolute atomic E-state index is 12.3. The highest BCUT2D eigenvalue weighted by atomic mass is 16.3. The third-order valence-corrected chi connectivity index (χ3v) is 3.04. The van der Waals surface area contributed by atoms with E-state index in [9.17, 15) is 4.79 Å². The minimum absolute atomic E-state index is 0.0860.